The van der Waals surface area contributed by atoms with Gasteiger partial charge in [0.1, 0.15) is 0 Å². The summed E-state index contributed by atoms with van der Waals surface area (Å²) >= 11 is 0. The predicted molar refractivity (Wildman–Crippen MR) is 53.6 cm³/mol. The molecule has 3 nitrogen and oxygen atoms in total. The van der Waals surface area contributed by atoms with Gasteiger partial charge in [0.15, 0.2) is 0 Å². The third kappa shape index (κ3) is 2.21. The summed E-state index contributed by atoms with van der Waals surface area (Å²) in [5, 5.41) is 6.10. The molecule has 1 fully saturated rings. The lowest BCUT2D eigenvalue weighted by molar-refractivity contribution is -0.128. The van der Waals surface area contributed by atoms with Crippen LogP contribution in [-0.2, 0) is 4.79 Å². The largest absolute Gasteiger partial charge is 0.355 e. The van der Waals surface area contributed by atoms with Gasteiger partial charge in [-0.15, -0.1) is 0 Å². The minimum absolute atomic E-state index is 0.178. The standard InChI is InChI=1S/C10H20N2O/c1-3-12-9(13)10(11-2)7-5-4-6-8-10/h11H,3-8H2,1-2H3,(H,12,13). The van der Waals surface area contributed by atoms with Gasteiger partial charge in [-0.25, -0.2) is 0 Å². The third-order valence-corrected chi connectivity index (χ3v) is 2.96. The van der Waals surface area contributed by atoms with Gasteiger partial charge in [-0.2, -0.15) is 0 Å². The number of hydrogen-bond donors (Lipinski definition) is 2. The first kappa shape index (κ1) is 10.5. The number of hydrogen-bond acceptors (Lipinski definition) is 2. The average molecular weight is 184 g/mol. The van der Waals surface area contributed by atoms with Crippen molar-refractivity contribution in [2.45, 2.75) is 44.6 Å². The van der Waals surface area contributed by atoms with Crippen LogP contribution in [0.3, 0.4) is 0 Å². The topological polar surface area (TPSA) is 41.1 Å². The molecular weight excluding hydrogens is 164 g/mol. The van der Waals surface area contributed by atoms with Gasteiger partial charge in [0.25, 0.3) is 0 Å². The Balaban J connectivity index is 2.61. The van der Waals surface area contributed by atoms with Crippen LogP contribution in [-0.4, -0.2) is 25.0 Å². The molecule has 0 unspecified atom stereocenters. The Labute approximate surface area is 80.3 Å². The summed E-state index contributed by atoms with van der Waals surface area (Å²) < 4.78 is 0. The SMILES string of the molecule is CCNC(=O)C1(NC)CCCCC1. The molecule has 0 aromatic carbocycles. The van der Waals surface area contributed by atoms with Crippen LogP contribution in [0.15, 0.2) is 0 Å². The zero-order chi connectivity index (χ0) is 9.73. The second-order valence-corrected chi connectivity index (χ2v) is 3.75. The minimum Gasteiger partial charge on any atom is -0.355 e. The molecule has 0 heterocycles. The van der Waals surface area contributed by atoms with Crippen LogP contribution in [0.1, 0.15) is 39.0 Å². The Hall–Kier alpha value is -0.570. The van der Waals surface area contributed by atoms with Gasteiger partial charge in [0, 0.05) is 6.54 Å². The van der Waals surface area contributed by atoms with Gasteiger partial charge < -0.3 is 10.6 Å². The zero-order valence-electron chi connectivity index (χ0n) is 8.65. The lowest BCUT2D eigenvalue weighted by atomic mass is 9.81. The van der Waals surface area contributed by atoms with Crippen LogP contribution >= 0.6 is 0 Å². The first-order chi connectivity index (χ1) is 6.25. The van der Waals surface area contributed by atoms with Crippen molar-refractivity contribution in [3.05, 3.63) is 0 Å². The Kier molecular flexibility index (Phi) is 3.72. The molecule has 0 bridgehead atoms. The average Bonchev–Trinajstić information content (AvgIpc) is 2.19. The fourth-order valence-corrected chi connectivity index (χ4v) is 2.08. The molecule has 0 aliphatic heterocycles. The summed E-state index contributed by atoms with van der Waals surface area (Å²) in [5.41, 5.74) is -0.270. The molecule has 13 heavy (non-hydrogen) atoms. The van der Waals surface area contributed by atoms with E-state index in [1.807, 2.05) is 14.0 Å². The summed E-state index contributed by atoms with van der Waals surface area (Å²) in [4.78, 5) is 11.8. The maximum absolute atomic E-state index is 11.8. The molecule has 1 rings (SSSR count). The van der Waals surface area contributed by atoms with Crippen molar-refractivity contribution in [3.8, 4) is 0 Å². The monoisotopic (exact) mass is 184 g/mol. The number of rotatable bonds is 3. The second-order valence-electron chi connectivity index (χ2n) is 3.75. The smallest absolute Gasteiger partial charge is 0.240 e. The van der Waals surface area contributed by atoms with E-state index in [0.717, 1.165) is 32.2 Å². The second kappa shape index (κ2) is 4.61. The van der Waals surface area contributed by atoms with Crippen LogP contribution in [0, 0.1) is 0 Å². The van der Waals surface area contributed by atoms with Crippen LogP contribution in [0.5, 0.6) is 0 Å². The molecule has 1 amide bonds. The van der Waals surface area contributed by atoms with Crippen LogP contribution in [0.4, 0.5) is 0 Å². The molecule has 0 atom stereocenters. The lowest BCUT2D eigenvalue weighted by Crippen LogP contribution is -2.56. The first-order valence-electron chi connectivity index (χ1n) is 5.22. The van der Waals surface area contributed by atoms with Crippen LogP contribution in [0.25, 0.3) is 0 Å². The number of carbonyl (C=O) groups is 1. The van der Waals surface area contributed by atoms with E-state index in [2.05, 4.69) is 10.6 Å². The molecule has 76 valence electrons. The molecule has 0 spiro atoms. The summed E-state index contributed by atoms with van der Waals surface area (Å²) in [6.07, 6.45) is 5.56. The molecule has 3 heteroatoms. The van der Waals surface area contributed by atoms with Crippen molar-refractivity contribution in [3.63, 3.8) is 0 Å². The molecule has 1 aliphatic rings. The Bertz CT molecular complexity index is 174. The van der Waals surface area contributed by atoms with E-state index in [4.69, 9.17) is 0 Å². The third-order valence-electron chi connectivity index (χ3n) is 2.96. The van der Waals surface area contributed by atoms with Gasteiger partial charge in [-0.3, -0.25) is 4.79 Å². The van der Waals surface area contributed by atoms with Gasteiger partial charge in [-0.1, -0.05) is 19.3 Å². The van der Waals surface area contributed by atoms with Crippen molar-refractivity contribution >= 4 is 5.91 Å². The maximum atomic E-state index is 11.8. The van der Waals surface area contributed by atoms with E-state index in [-0.39, 0.29) is 11.4 Å². The van der Waals surface area contributed by atoms with Crippen LogP contribution in [0.2, 0.25) is 0 Å². The number of carbonyl (C=O) groups excluding carboxylic acids is 1. The summed E-state index contributed by atoms with van der Waals surface area (Å²) in [6.45, 7) is 2.69. The van der Waals surface area contributed by atoms with Gasteiger partial charge in [-0.05, 0) is 26.8 Å². The molecule has 1 aliphatic carbocycles. The van der Waals surface area contributed by atoms with Crippen LogP contribution < -0.4 is 10.6 Å². The molecule has 0 radical (unpaired) electrons. The Morgan fingerprint density at radius 3 is 2.38 bits per heavy atom. The van der Waals surface area contributed by atoms with Crippen molar-refractivity contribution in [2.24, 2.45) is 0 Å². The quantitative estimate of drug-likeness (QED) is 0.688. The normalized spacial score (nSPS) is 21.1. The molecule has 2 N–H and O–H groups in total. The number of likely N-dealkylation sites (N-methyl/N-ethyl adjacent to an activating group) is 2. The van der Waals surface area contributed by atoms with Crippen molar-refractivity contribution in [2.75, 3.05) is 13.6 Å². The highest BCUT2D eigenvalue weighted by Gasteiger charge is 2.37. The van der Waals surface area contributed by atoms with E-state index >= 15 is 0 Å². The highest BCUT2D eigenvalue weighted by atomic mass is 16.2. The number of nitrogens with one attached hydrogen (secondary N) is 2. The summed E-state index contributed by atoms with van der Waals surface area (Å²) in [7, 11) is 1.89. The maximum Gasteiger partial charge on any atom is 0.240 e. The van der Waals surface area contributed by atoms with E-state index in [1.54, 1.807) is 0 Å². The molecule has 0 aromatic heterocycles. The highest BCUT2D eigenvalue weighted by molar-refractivity contribution is 5.86. The Morgan fingerprint density at radius 2 is 1.92 bits per heavy atom. The van der Waals surface area contributed by atoms with E-state index < -0.39 is 0 Å². The zero-order valence-corrected chi connectivity index (χ0v) is 8.65. The van der Waals surface area contributed by atoms with Gasteiger partial charge in [0.2, 0.25) is 5.91 Å². The van der Waals surface area contributed by atoms with Crippen molar-refractivity contribution in [1.29, 1.82) is 0 Å². The molecule has 0 aromatic rings. The fraction of sp³-hybridized carbons (Fsp3) is 0.900. The number of amides is 1. The fourth-order valence-electron chi connectivity index (χ4n) is 2.08. The van der Waals surface area contributed by atoms with E-state index in [1.165, 1.54) is 6.42 Å². The summed E-state index contributed by atoms with van der Waals surface area (Å²) in [5.74, 6) is 0.178. The minimum atomic E-state index is -0.270. The Morgan fingerprint density at radius 1 is 1.31 bits per heavy atom. The predicted octanol–water partition coefficient (Wildman–Crippen LogP) is 1.04. The van der Waals surface area contributed by atoms with Gasteiger partial charge >= 0.3 is 0 Å². The highest BCUT2D eigenvalue weighted by Crippen LogP contribution is 2.27. The molecular formula is C10H20N2O. The van der Waals surface area contributed by atoms with E-state index in [9.17, 15) is 4.79 Å². The van der Waals surface area contributed by atoms with Crippen molar-refractivity contribution in [1.82, 2.24) is 10.6 Å². The molecule has 1 saturated carbocycles. The summed E-state index contributed by atoms with van der Waals surface area (Å²) in [6, 6.07) is 0. The lowest BCUT2D eigenvalue weighted by Gasteiger charge is -2.35. The molecule has 0 saturated heterocycles. The first-order valence-corrected chi connectivity index (χ1v) is 5.22. The van der Waals surface area contributed by atoms with E-state index in [0.29, 0.717) is 0 Å². The van der Waals surface area contributed by atoms with Gasteiger partial charge in [0.05, 0.1) is 5.54 Å². The van der Waals surface area contributed by atoms with Crippen molar-refractivity contribution < 1.29 is 4.79 Å².